The van der Waals surface area contributed by atoms with E-state index in [9.17, 15) is 5.11 Å². The minimum absolute atomic E-state index is 0.237. The van der Waals surface area contributed by atoms with Gasteiger partial charge in [-0.1, -0.05) is 12.1 Å². The SMILES string of the molecule is CCOCC(O)COc1cccc(CNCCOC)c1. The molecule has 0 aliphatic carbocycles. The molecule has 0 saturated carbocycles. The summed E-state index contributed by atoms with van der Waals surface area (Å²) in [7, 11) is 1.68. The molecule has 1 unspecified atom stereocenters. The normalized spacial score (nSPS) is 12.3. The number of hydrogen-bond donors (Lipinski definition) is 2. The topological polar surface area (TPSA) is 60.0 Å². The lowest BCUT2D eigenvalue weighted by Crippen LogP contribution is -2.23. The van der Waals surface area contributed by atoms with Gasteiger partial charge in [-0.15, -0.1) is 0 Å². The van der Waals surface area contributed by atoms with Crippen LogP contribution in [-0.2, 0) is 16.0 Å². The van der Waals surface area contributed by atoms with Gasteiger partial charge in [0, 0.05) is 26.8 Å². The van der Waals surface area contributed by atoms with Gasteiger partial charge in [0.05, 0.1) is 13.2 Å². The molecule has 1 aromatic rings. The van der Waals surface area contributed by atoms with Crippen LogP contribution in [0.1, 0.15) is 12.5 Å². The third kappa shape index (κ3) is 7.45. The van der Waals surface area contributed by atoms with Crippen LogP contribution in [0, 0.1) is 0 Å². The molecule has 5 nitrogen and oxygen atoms in total. The molecule has 0 saturated heterocycles. The van der Waals surface area contributed by atoms with Gasteiger partial charge >= 0.3 is 0 Å². The first-order valence-corrected chi connectivity index (χ1v) is 6.93. The minimum Gasteiger partial charge on any atom is -0.491 e. The van der Waals surface area contributed by atoms with Crippen LogP contribution in [0.25, 0.3) is 0 Å². The van der Waals surface area contributed by atoms with E-state index in [0.717, 1.165) is 24.4 Å². The quantitative estimate of drug-likeness (QED) is 0.598. The summed E-state index contributed by atoms with van der Waals surface area (Å²) in [6.07, 6.45) is -0.599. The van der Waals surface area contributed by atoms with Gasteiger partial charge in [-0.05, 0) is 24.6 Å². The predicted octanol–water partition coefficient (Wildman–Crippen LogP) is 1.20. The van der Waals surface area contributed by atoms with E-state index in [1.165, 1.54) is 0 Å². The second kappa shape index (κ2) is 10.6. The van der Waals surface area contributed by atoms with Crippen molar-refractivity contribution >= 4 is 0 Å². The Bertz CT molecular complexity index is 359. The summed E-state index contributed by atoms with van der Waals surface area (Å²) >= 11 is 0. The molecule has 0 aromatic heterocycles. The number of ether oxygens (including phenoxy) is 3. The van der Waals surface area contributed by atoms with Crippen LogP contribution in [0.15, 0.2) is 24.3 Å². The van der Waals surface area contributed by atoms with Gasteiger partial charge < -0.3 is 24.6 Å². The molecule has 1 atom stereocenters. The fourth-order valence-electron chi connectivity index (χ4n) is 1.65. The van der Waals surface area contributed by atoms with Gasteiger partial charge in [-0.25, -0.2) is 0 Å². The van der Waals surface area contributed by atoms with Crippen molar-refractivity contribution in [1.82, 2.24) is 5.32 Å². The molecule has 1 aromatic carbocycles. The average Bonchev–Trinajstić information content (AvgIpc) is 2.48. The van der Waals surface area contributed by atoms with Crippen molar-refractivity contribution in [2.45, 2.75) is 19.6 Å². The van der Waals surface area contributed by atoms with Gasteiger partial charge in [-0.3, -0.25) is 0 Å². The van der Waals surface area contributed by atoms with E-state index in [2.05, 4.69) is 5.32 Å². The Labute approximate surface area is 120 Å². The van der Waals surface area contributed by atoms with Crippen molar-refractivity contribution in [3.63, 3.8) is 0 Å². The van der Waals surface area contributed by atoms with Gasteiger partial charge in [0.15, 0.2) is 0 Å². The molecule has 0 spiro atoms. The van der Waals surface area contributed by atoms with Crippen molar-refractivity contribution in [2.75, 3.05) is 40.1 Å². The Balaban J connectivity index is 2.31. The number of aliphatic hydroxyl groups excluding tert-OH is 1. The number of benzene rings is 1. The highest BCUT2D eigenvalue weighted by molar-refractivity contribution is 5.28. The van der Waals surface area contributed by atoms with Crippen molar-refractivity contribution in [3.05, 3.63) is 29.8 Å². The smallest absolute Gasteiger partial charge is 0.119 e. The maximum Gasteiger partial charge on any atom is 0.119 e. The number of nitrogens with one attached hydrogen (secondary N) is 1. The van der Waals surface area contributed by atoms with E-state index >= 15 is 0 Å². The third-order valence-corrected chi connectivity index (χ3v) is 2.67. The van der Waals surface area contributed by atoms with Crippen molar-refractivity contribution in [1.29, 1.82) is 0 Å². The van der Waals surface area contributed by atoms with Gasteiger partial charge in [0.2, 0.25) is 0 Å². The first-order chi connectivity index (χ1) is 9.76. The standard InChI is InChI=1S/C15H25NO4/c1-3-19-11-14(17)12-20-15-6-4-5-13(9-15)10-16-7-8-18-2/h4-6,9,14,16-17H,3,7-8,10-12H2,1-2H3. The van der Waals surface area contributed by atoms with Crippen LogP contribution >= 0.6 is 0 Å². The van der Waals surface area contributed by atoms with E-state index in [1.54, 1.807) is 7.11 Å². The molecule has 114 valence electrons. The highest BCUT2D eigenvalue weighted by Crippen LogP contribution is 2.13. The van der Waals surface area contributed by atoms with Crippen molar-refractivity contribution in [2.24, 2.45) is 0 Å². The Morgan fingerprint density at radius 2 is 2.15 bits per heavy atom. The van der Waals surface area contributed by atoms with Crippen LogP contribution in [0.2, 0.25) is 0 Å². The van der Waals surface area contributed by atoms with Gasteiger partial charge in [0.1, 0.15) is 18.5 Å². The maximum absolute atomic E-state index is 9.64. The van der Waals surface area contributed by atoms with Crippen LogP contribution in [0.3, 0.4) is 0 Å². The average molecular weight is 283 g/mol. The fourth-order valence-corrected chi connectivity index (χ4v) is 1.65. The minimum atomic E-state index is -0.599. The molecule has 0 fully saturated rings. The Kier molecular flexibility index (Phi) is 8.98. The molecular weight excluding hydrogens is 258 g/mol. The highest BCUT2D eigenvalue weighted by Gasteiger charge is 2.05. The highest BCUT2D eigenvalue weighted by atomic mass is 16.5. The Morgan fingerprint density at radius 1 is 1.30 bits per heavy atom. The summed E-state index contributed by atoms with van der Waals surface area (Å²) < 4.78 is 15.7. The first kappa shape index (κ1) is 16.9. The summed E-state index contributed by atoms with van der Waals surface area (Å²) in [6, 6.07) is 7.82. The molecular formula is C15H25NO4. The van der Waals surface area contributed by atoms with Gasteiger partial charge in [-0.2, -0.15) is 0 Å². The second-order valence-electron chi connectivity index (χ2n) is 4.44. The second-order valence-corrected chi connectivity index (χ2v) is 4.44. The van der Waals surface area contributed by atoms with E-state index in [0.29, 0.717) is 19.8 Å². The Hall–Kier alpha value is -1.14. The summed E-state index contributed by atoms with van der Waals surface area (Å²) in [5.41, 5.74) is 1.14. The largest absolute Gasteiger partial charge is 0.491 e. The zero-order chi connectivity index (χ0) is 14.6. The molecule has 20 heavy (non-hydrogen) atoms. The number of methoxy groups -OCH3 is 1. The maximum atomic E-state index is 9.64. The molecule has 0 aliphatic heterocycles. The monoisotopic (exact) mass is 283 g/mol. The summed E-state index contributed by atoms with van der Waals surface area (Å²) in [5.74, 6) is 0.756. The van der Waals surface area contributed by atoms with Crippen LogP contribution < -0.4 is 10.1 Å². The molecule has 0 amide bonds. The lowest BCUT2D eigenvalue weighted by Gasteiger charge is -2.13. The van der Waals surface area contributed by atoms with E-state index in [-0.39, 0.29) is 6.61 Å². The number of aliphatic hydroxyl groups is 1. The summed E-state index contributed by atoms with van der Waals surface area (Å²) in [5, 5.41) is 12.9. The predicted molar refractivity (Wildman–Crippen MR) is 78.0 cm³/mol. The molecule has 0 radical (unpaired) electrons. The van der Waals surface area contributed by atoms with Crippen molar-refractivity contribution in [3.8, 4) is 5.75 Å². The first-order valence-electron chi connectivity index (χ1n) is 6.93. The molecule has 0 aliphatic rings. The zero-order valence-corrected chi connectivity index (χ0v) is 12.3. The molecule has 0 heterocycles. The van der Waals surface area contributed by atoms with E-state index in [1.807, 2.05) is 31.2 Å². The lowest BCUT2D eigenvalue weighted by atomic mass is 10.2. The summed E-state index contributed by atoms with van der Waals surface area (Å²) in [6.45, 7) is 5.30. The molecule has 1 rings (SSSR count). The van der Waals surface area contributed by atoms with Crippen LogP contribution in [-0.4, -0.2) is 51.3 Å². The zero-order valence-electron chi connectivity index (χ0n) is 12.3. The Morgan fingerprint density at radius 3 is 2.90 bits per heavy atom. The molecule has 2 N–H and O–H groups in total. The lowest BCUT2D eigenvalue weighted by molar-refractivity contribution is 0.0164. The van der Waals surface area contributed by atoms with Crippen LogP contribution in [0.5, 0.6) is 5.75 Å². The molecule has 0 bridgehead atoms. The number of rotatable bonds is 11. The van der Waals surface area contributed by atoms with E-state index in [4.69, 9.17) is 14.2 Å². The van der Waals surface area contributed by atoms with Gasteiger partial charge in [0.25, 0.3) is 0 Å². The molecule has 5 heteroatoms. The fraction of sp³-hybridized carbons (Fsp3) is 0.600. The number of hydrogen-bond acceptors (Lipinski definition) is 5. The van der Waals surface area contributed by atoms with Crippen LogP contribution in [0.4, 0.5) is 0 Å². The van der Waals surface area contributed by atoms with E-state index < -0.39 is 6.10 Å². The van der Waals surface area contributed by atoms with Crippen molar-refractivity contribution < 1.29 is 19.3 Å². The summed E-state index contributed by atoms with van der Waals surface area (Å²) in [4.78, 5) is 0. The third-order valence-electron chi connectivity index (χ3n) is 2.67.